The summed E-state index contributed by atoms with van der Waals surface area (Å²) in [6.45, 7) is -0.197. The zero-order valence-corrected chi connectivity index (χ0v) is 43.6. The van der Waals surface area contributed by atoms with Crippen LogP contribution >= 0.6 is 0 Å². The predicted molar refractivity (Wildman–Crippen MR) is 265 cm³/mol. The molecule has 2 aromatic carbocycles. The van der Waals surface area contributed by atoms with Crippen LogP contribution in [0.1, 0.15) is 69.3 Å². The molecule has 3 aliphatic rings. The number of carboxylic acid groups (broad SMARTS) is 1. The van der Waals surface area contributed by atoms with Crippen LogP contribution in [0.5, 0.6) is 0 Å². The normalized spacial score (nSPS) is 18.6. The monoisotopic (exact) mass is 1140 g/mol. The summed E-state index contributed by atoms with van der Waals surface area (Å²) < 4.78 is 155. The van der Waals surface area contributed by atoms with Gasteiger partial charge in [0.15, 0.2) is 0 Å². The summed E-state index contributed by atoms with van der Waals surface area (Å²) in [5.41, 5.74) is -4.47. The Labute approximate surface area is 452 Å². The van der Waals surface area contributed by atoms with Gasteiger partial charge < -0.3 is 40.5 Å². The number of methoxy groups -OCH3 is 1. The van der Waals surface area contributed by atoms with Crippen molar-refractivity contribution in [3.05, 3.63) is 101 Å². The van der Waals surface area contributed by atoms with Crippen LogP contribution in [0, 0.1) is 34.3 Å². The van der Waals surface area contributed by atoms with E-state index in [1.807, 2.05) is 22.9 Å². The van der Waals surface area contributed by atoms with Crippen LogP contribution in [-0.4, -0.2) is 154 Å². The average molecular weight is 1140 g/mol. The number of halogens is 10. The average Bonchev–Trinajstić information content (AvgIpc) is 3.96. The maximum absolute atomic E-state index is 16.0. The van der Waals surface area contributed by atoms with Crippen molar-refractivity contribution in [2.75, 3.05) is 44.9 Å². The second-order valence-corrected chi connectivity index (χ2v) is 20.8. The maximum Gasteiger partial charge on any atom is 0.407 e. The van der Waals surface area contributed by atoms with Gasteiger partial charge >= 0.3 is 31.1 Å². The number of hydrogen-bond acceptors (Lipinski definition) is 12. The van der Waals surface area contributed by atoms with Gasteiger partial charge in [-0.3, -0.25) is 19.9 Å². The van der Waals surface area contributed by atoms with E-state index in [-0.39, 0.29) is 21.4 Å². The summed E-state index contributed by atoms with van der Waals surface area (Å²) in [7, 11) is 0.812. The molecule has 3 aliphatic heterocycles. The van der Waals surface area contributed by atoms with Crippen molar-refractivity contribution >= 4 is 29.8 Å². The fourth-order valence-electron chi connectivity index (χ4n) is 9.64. The molecule has 3 saturated heterocycles. The number of aliphatic hydroxyl groups is 1. The Morgan fingerprint density at radius 1 is 0.800 bits per heavy atom. The molecular weight excluding hydrogens is 1080 g/mol. The maximum atomic E-state index is 16.0. The van der Waals surface area contributed by atoms with Gasteiger partial charge in [0.1, 0.15) is 29.5 Å². The lowest BCUT2D eigenvalue weighted by Crippen LogP contribution is -2.63. The predicted octanol–water partition coefficient (Wildman–Crippen LogP) is 6.53. The molecule has 2 aromatic heterocycles. The van der Waals surface area contributed by atoms with Crippen LogP contribution in [0.3, 0.4) is 0 Å². The summed E-state index contributed by atoms with van der Waals surface area (Å²) >= 11 is 0. The van der Waals surface area contributed by atoms with E-state index in [9.17, 15) is 64.5 Å². The van der Waals surface area contributed by atoms with Crippen LogP contribution in [0.25, 0.3) is 11.1 Å². The zero-order chi connectivity index (χ0) is 58.6. The number of alkyl halides is 8. The van der Waals surface area contributed by atoms with E-state index in [1.165, 1.54) is 29.6 Å². The second kappa shape index (κ2) is 24.2. The third kappa shape index (κ3) is 13.8. The molecule has 6 atom stereocenters. The summed E-state index contributed by atoms with van der Waals surface area (Å²) in [5.74, 6) is 0.636. The molecule has 2 bridgehead atoms. The Kier molecular flexibility index (Phi) is 18.3. The van der Waals surface area contributed by atoms with E-state index in [1.54, 1.807) is 6.20 Å². The van der Waals surface area contributed by atoms with E-state index in [2.05, 4.69) is 41.8 Å². The first-order valence-electron chi connectivity index (χ1n) is 25.0. The highest BCUT2D eigenvalue weighted by Gasteiger charge is 2.57. The van der Waals surface area contributed by atoms with E-state index in [4.69, 9.17) is 4.74 Å². The van der Waals surface area contributed by atoms with Gasteiger partial charge in [0.25, 0.3) is 5.91 Å². The molecule has 6 N–H and O–H groups in total. The van der Waals surface area contributed by atoms with E-state index < -0.39 is 115 Å². The fraction of sp³-hybridized carbons (Fsp3) is 0.500. The Bertz CT molecular complexity index is 2890. The number of anilines is 1. The Hall–Kier alpha value is -7.22. The number of amides is 4. The molecule has 28 heteroatoms. The highest BCUT2D eigenvalue weighted by Crippen LogP contribution is 2.42. The minimum atomic E-state index is -5.28. The van der Waals surface area contributed by atoms with E-state index in [0.29, 0.717) is 74.1 Å². The largest absolute Gasteiger partial charge is 0.465 e. The molecule has 0 saturated carbocycles. The van der Waals surface area contributed by atoms with Gasteiger partial charge in [-0.15, -0.1) is 0 Å². The smallest absolute Gasteiger partial charge is 0.407 e. The molecule has 2 unspecified atom stereocenters. The number of hydrogen-bond donors (Lipinski definition) is 6. The number of nitrogens with one attached hydrogen (secondary N) is 4. The first kappa shape index (κ1) is 60.4. The van der Waals surface area contributed by atoms with Crippen LogP contribution in [-0.2, 0) is 32.0 Å². The first-order valence-corrected chi connectivity index (χ1v) is 25.0. The Morgan fingerprint density at radius 2 is 1.38 bits per heavy atom. The number of piperazine rings is 1. The number of hydrazine groups is 1. The third-order valence-corrected chi connectivity index (χ3v) is 14.7. The second-order valence-electron chi connectivity index (χ2n) is 20.8. The lowest BCUT2D eigenvalue weighted by molar-refractivity contribution is -0.221. The highest BCUT2D eigenvalue weighted by atomic mass is 19.4. The van der Waals surface area contributed by atoms with Crippen LogP contribution in [0.15, 0.2) is 67.1 Å². The summed E-state index contributed by atoms with van der Waals surface area (Å²) in [6, 6.07) is 5.37. The number of carbonyl (C=O) groups excluding carboxylic acids is 3. The number of alkyl carbamates (subject to hydrolysis) is 1. The standard InChI is InChI=1S/C52H58F10N10O8/c1-49(2,51(57,58)59)42(67-48(78)79-5)44(74)65-39(16-29-9-6-28(7-10-29)8-11-30-12-15-41(63-19-30)69-22-33-13-14-34(23-69)72(33)35-26-80-27-35)40(73)25-70(68-45(75)43(66-47(76)77)50(3,4)52(60,61)62)24-36-37(53)17-31(18-38(36)54)32-20-64-71(21-32)46(55)56/h6-7,9-10,12,15,17-21,33-35,39-40,42-43,46,66,73H,13-14,16,22-27H2,1-5H3,(H,65,74)(H,67,78)(H,68,75)(H,76,77)/t33?,34?,39-,40-,42+,43+/m0/s1. The van der Waals surface area contributed by atoms with Crippen molar-refractivity contribution in [2.45, 2.75) is 115 Å². The van der Waals surface area contributed by atoms with Gasteiger partial charge in [0, 0.05) is 72.9 Å². The first-order chi connectivity index (χ1) is 37.5. The molecule has 5 heterocycles. The number of ether oxygens (including phenoxy) is 2. The summed E-state index contributed by atoms with van der Waals surface area (Å²) in [5, 5.41) is 31.0. The van der Waals surface area contributed by atoms with Crippen molar-refractivity contribution in [2.24, 2.45) is 10.8 Å². The van der Waals surface area contributed by atoms with Crippen LogP contribution in [0.4, 0.5) is 59.3 Å². The van der Waals surface area contributed by atoms with Gasteiger partial charge in [-0.2, -0.15) is 40.2 Å². The highest BCUT2D eigenvalue weighted by molar-refractivity contribution is 5.87. The molecule has 7 rings (SSSR count). The molecule has 0 radical (unpaired) electrons. The minimum Gasteiger partial charge on any atom is -0.465 e. The van der Waals surface area contributed by atoms with Gasteiger partial charge in [-0.05, 0) is 94.5 Å². The summed E-state index contributed by atoms with van der Waals surface area (Å²) in [6.07, 6.45) is -11.2. The third-order valence-electron chi connectivity index (χ3n) is 14.7. The van der Waals surface area contributed by atoms with Gasteiger partial charge in [-0.25, -0.2) is 33.0 Å². The van der Waals surface area contributed by atoms with Gasteiger partial charge in [0.2, 0.25) is 5.91 Å². The van der Waals surface area contributed by atoms with E-state index >= 15 is 8.78 Å². The van der Waals surface area contributed by atoms with Crippen LogP contribution in [0.2, 0.25) is 0 Å². The van der Waals surface area contributed by atoms with Crippen molar-refractivity contribution in [1.82, 2.24) is 46.0 Å². The van der Waals surface area contributed by atoms with Gasteiger partial charge in [-0.1, -0.05) is 24.0 Å². The molecule has 0 aliphatic carbocycles. The minimum absolute atomic E-state index is 0.187. The molecule has 0 spiro atoms. The SMILES string of the molecule is COC(=O)N[C@H](C(=O)N[C@@H](Cc1ccc(C#Cc2ccc(N3CC4CCC(C3)N4C3COC3)nc2)cc1)[C@@H](O)CN(Cc1c(F)cc(-c2cnn(C(F)F)c2)cc1F)NC(=O)[C@@H](NC(=O)O)C(C)(C)C(F)(F)F)C(C)(C)C(F)(F)F. The zero-order valence-electron chi connectivity index (χ0n) is 43.6. The number of aliphatic hydroxyl groups excluding tert-OH is 1. The molecule has 434 valence electrons. The van der Waals surface area contributed by atoms with Crippen molar-refractivity contribution < 1.29 is 82.8 Å². The topological polar surface area (TPSA) is 216 Å². The number of fused-ring (bicyclic) bond motifs is 2. The number of pyridine rings is 1. The van der Waals surface area contributed by atoms with Crippen molar-refractivity contribution in [3.8, 4) is 23.0 Å². The number of aromatic nitrogens is 3. The molecular formula is C52H58F10N10O8. The number of rotatable bonds is 19. The van der Waals surface area contributed by atoms with Crippen LogP contribution < -0.4 is 26.3 Å². The number of carbonyl (C=O) groups is 4. The summed E-state index contributed by atoms with van der Waals surface area (Å²) in [4.78, 5) is 61.6. The number of benzene rings is 2. The quantitative estimate of drug-likeness (QED) is 0.0335. The molecule has 18 nitrogen and oxygen atoms in total. The molecule has 80 heavy (non-hydrogen) atoms. The Morgan fingerprint density at radius 3 is 1.88 bits per heavy atom. The lowest BCUT2D eigenvalue weighted by atomic mass is 9.82. The van der Waals surface area contributed by atoms with E-state index in [0.717, 1.165) is 64.5 Å². The molecule has 3 fully saturated rings. The molecule has 4 aromatic rings. The Balaban J connectivity index is 1.18. The fourth-order valence-corrected chi connectivity index (χ4v) is 9.64. The lowest BCUT2D eigenvalue weighted by Gasteiger charge is -2.47. The molecule has 4 amide bonds. The number of nitrogens with zero attached hydrogens (tertiary/aromatic N) is 6. The van der Waals surface area contributed by atoms with Crippen molar-refractivity contribution in [3.63, 3.8) is 0 Å². The van der Waals surface area contributed by atoms with Gasteiger partial charge in [0.05, 0.1) is 55.5 Å². The van der Waals surface area contributed by atoms with Crippen molar-refractivity contribution in [1.29, 1.82) is 0 Å².